The van der Waals surface area contributed by atoms with Gasteiger partial charge in [0.05, 0.1) is 24.9 Å². The molecule has 32 heavy (non-hydrogen) atoms. The number of halogens is 2. The van der Waals surface area contributed by atoms with Gasteiger partial charge in [-0.15, -0.1) is 11.3 Å². The summed E-state index contributed by atoms with van der Waals surface area (Å²) < 4.78 is 21.9. The summed E-state index contributed by atoms with van der Waals surface area (Å²) in [5, 5.41) is 3.57. The molecule has 1 atom stereocenters. The molecule has 5 nitrogen and oxygen atoms in total. The summed E-state index contributed by atoms with van der Waals surface area (Å²) in [5.74, 6) is 1.60. The maximum absolute atomic E-state index is 14.1. The first kappa shape index (κ1) is 22.0. The van der Waals surface area contributed by atoms with Crippen LogP contribution >= 0.6 is 22.9 Å². The van der Waals surface area contributed by atoms with E-state index in [0.29, 0.717) is 29.0 Å². The van der Waals surface area contributed by atoms with Crippen LogP contribution in [0.2, 0.25) is 5.02 Å². The summed E-state index contributed by atoms with van der Waals surface area (Å²) in [6.07, 6.45) is 9.43. The molecule has 2 aromatic heterocycles. The Morgan fingerprint density at radius 2 is 2.06 bits per heavy atom. The Bertz CT molecular complexity index is 1040. The second kappa shape index (κ2) is 10.00. The van der Waals surface area contributed by atoms with Crippen molar-refractivity contribution < 1.29 is 9.13 Å². The number of imidazole rings is 1. The molecule has 8 heteroatoms. The lowest BCUT2D eigenvalue weighted by atomic mass is 9.93. The Balaban J connectivity index is 1.10. The molecular formula is C24H28ClFN4OS. The molecule has 3 aromatic rings. The molecule has 0 amide bonds. The molecule has 5 rings (SSSR count). The first-order valence-electron chi connectivity index (χ1n) is 11.3. The molecule has 1 aromatic carbocycles. The van der Waals surface area contributed by atoms with Crippen molar-refractivity contribution in [2.75, 3.05) is 19.7 Å². The van der Waals surface area contributed by atoms with Gasteiger partial charge >= 0.3 is 0 Å². The molecule has 0 N–H and O–H groups in total. The van der Waals surface area contributed by atoms with Crippen molar-refractivity contribution in [2.45, 2.75) is 51.3 Å². The number of benzene rings is 1. The predicted molar refractivity (Wildman–Crippen MR) is 125 cm³/mol. The SMILES string of the molecule is Fc1cc(Cl)ccc1Cc1csc(CN2CCC(Cc3nccn3C[C@@H]3CCO3)CC2)n1. The summed E-state index contributed by atoms with van der Waals surface area (Å²) in [7, 11) is 0. The zero-order chi connectivity index (χ0) is 21.9. The topological polar surface area (TPSA) is 43.2 Å². The van der Waals surface area contributed by atoms with E-state index in [0.717, 1.165) is 56.3 Å². The first-order chi connectivity index (χ1) is 15.6. The van der Waals surface area contributed by atoms with Crippen LogP contribution in [0.5, 0.6) is 0 Å². The van der Waals surface area contributed by atoms with Crippen LogP contribution in [-0.4, -0.2) is 45.2 Å². The number of nitrogens with zero attached hydrogens (tertiary/aromatic N) is 4. The lowest BCUT2D eigenvalue weighted by Crippen LogP contribution is -2.35. The Hall–Kier alpha value is -1.80. The van der Waals surface area contributed by atoms with Crippen LogP contribution in [0.3, 0.4) is 0 Å². The monoisotopic (exact) mass is 474 g/mol. The van der Waals surface area contributed by atoms with Gasteiger partial charge in [0, 0.05) is 42.2 Å². The Kier molecular flexibility index (Phi) is 6.88. The average Bonchev–Trinajstić information content (AvgIpc) is 3.38. The summed E-state index contributed by atoms with van der Waals surface area (Å²) >= 11 is 7.51. The molecule has 2 saturated heterocycles. The van der Waals surface area contributed by atoms with Crippen molar-refractivity contribution in [3.8, 4) is 0 Å². The van der Waals surface area contributed by atoms with Crippen LogP contribution < -0.4 is 0 Å². The zero-order valence-corrected chi connectivity index (χ0v) is 19.6. The number of ether oxygens (including phenoxy) is 1. The van der Waals surface area contributed by atoms with Gasteiger partial charge in [0.2, 0.25) is 0 Å². The minimum absolute atomic E-state index is 0.269. The summed E-state index contributed by atoms with van der Waals surface area (Å²) in [6, 6.07) is 4.83. The van der Waals surface area contributed by atoms with Gasteiger partial charge < -0.3 is 9.30 Å². The van der Waals surface area contributed by atoms with Crippen LogP contribution in [0, 0.1) is 11.7 Å². The molecule has 0 aliphatic carbocycles. The van der Waals surface area contributed by atoms with Crippen molar-refractivity contribution in [2.24, 2.45) is 5.92 Å². The summed E-state index contributed by atoms with van der Waals surface area (Å²) in [5.41, 5.74) is 1.55. The van der Waals surface area contributed by atoms with Gasteiger partial charge in [-0.25, -0.2) is 14.4 Å². The van der Waals surface area contributed by atoms with Crippen molar-refractivity contribution in [3.05, 3.63) is 68.9 Å². The molecule has 2 aliphatic heterocycles. The normalized spacial score (nSPS) is 19.9. The van der Waals surface area contributed by atoms with Crippen LogP contribution in [0.15, 0.2) is 36.0 Å². The second-order valence-electron chi connectivity index (χ2n) is 8.85. The molecule has 0 spiro atoms. The number of hydrogen-bond acceptors (Lipinski definition) is 5. The molecule has 4 heterocycles. The van der Waals surface area contributed by atoms with Gasteiger partial charge in [0.15, 0.2) is 0 Å². The van der Waals surface area contributed by atoms with Crippen molar-refractivity contribution >= 4 is 22.9 Å². The highest BCUT2D eigenvalue weighted by atomic mass is 35.5. The van der Waals surface area contributed by atoms with Gasteiger partial charge in [-0.05, 0) is 56.0 Å². The standard InChI is InChI=1S/C24H28ClFN4OS/c25-19-2-1-18(22(26)13-19)12-20-16-32-24(28-20)15-29-7-3-17(4-8-29)11-23-27-6-9-30(23)14-21-5-10-31-21/h1-2,6,9,13,16-17,21H,3-5,7-8,10-12,14-15H2/t21-/m0/s1. The Morgan fingerprint density at radius 3 is 2.81 bits per heavy atom. The maximum Gasteiger partial charge on any atom is 0.128 e. The fourth-order valence-corrected chi connectivity index (χ4v) is 5.50. The third kappa shape index (κ3) is 5.39. The largest absolute Gasteiger partial charge is 0.376 e. The van der Waals surface area contributed by atoms with Crippen LogP contribution in [0.4, 0.5) is 4.39 Å². The fourth-order valence-electron chi connectivity index (χ4n) is 4.51. The summed E-state index contributed by atoms with van der Waals surface area (Å²) in [4.78, 5) is 11.8. The molecule has 0 saturated carbocycles. The van der Waals surface area contributed by atoms with Crippen LogP contribution in [0.1, 0.15) is 41.4 Å². The minimum Gasteiger partial charge on any atom is -0.376 e. The molecule has 0 bridgehead atoms. The lowest BCUT2D eigenvalue weighted by Gasteiger charge is -2.32. The molecule has 0 radical (unpaired) electrons. The highest BCUT2D eigenvalue weighted by Gasteiger charge is 2.24. The third-order valence-corrected chi connectivity index (χ3v) is 7.64. The van der Waals surface area contributed by atoms with Gasteiger partial charge in [0.25, 0.3) is 0 Å². The second-order valence-corrected chi connectivity index (χ2v) is 10.2. The minimum atomic E-state index is -0.269. The van der Waals surface area contributed by atoms with E-state index in [2.05, 4.69) is 20.6 Å². The number of likely N-dealkylation sites (tertiary alicyclic amines) is 1. The van der Waals surface area contributed by atoms with Gasteiger partial charge in [-0.2, -0.15) is 0 Å². The van der Waals surface area contributed by atoms with Gasteiger partial charge in [-0.3, -0.25) is 4.90 Å². The van der Waals surface area contributed by atoms with E-state index in [1.165, 1.54) is 24.7 Å². The zero-order valence-electron chi connectivity index (χ0n) is 18.1. The Morgan fingerprint density at radius 1 is 1.22 bits per heavy atom. The average molecular weight is 475 g/mol. The quantitative estimate of drug-likeness (QED) is 0.462. The van der Waals surface area contributed by atoms with E-state index in [9.17, 15) is 4.39 Å². The van der Waals surface area contributed by atoms with Gasteiger partial charge in [-0.1, -0.05) is 17.7 Å². The lowest BCUT2D eigenvalue weighted by molar-refractivity contribution is -0.0596. The molecule has 170 valence electrons. The predicted octanol–water partition coefficient (Wildman–Crippen LogP) is 4.97. The number of hydrogen-bond donors (Lipinski definition) is 0. The first-order valence-corrected chi connectivity index (χ1v) is 12.6. The van der Waals surface area contributed by atoms with E-state index in [1.54, 1.807) is 23.5 Å². The molecule has 0 unspecified atom stereocenters. The van der Waals surface area contributed by atoms with Crippen molar-refractivity contribution in [3.63, 3.8) is 0 Å². The molecule has 2 aliphatic rings. The highest BCUT2D eigenvalue weighted by molar-refractivity contribution is 7.09. The molecule has 2 fully saturated rings. The van der Waals surface area contributed by atoms with Gasteiger partial charge in [0.1, 0.15) is 16.6 Å². The summed E-state index contributed by atoms with van der Waals surface area (Å²) in [6.45, 7) is 4.86. The Labute approximate surface area is 197 Å². The maximum atomic E-state index is 14.1. The van der Waals surface area contributed by atoms with Crippen LogP contribution in [0.25, 0.3) is 0 Å². The number of aromatic nitrogens is 3. The fraction of sp³-hybridized carbons (Fsp3) is 0.500. The smallest absolute Gasteiger partial charge is 0.128 e. The van der Waals surface area contributed by atoms with E-state index in [-0.39, 0.29) is 5.82 Å². The highest BCUT2D eigenvalue weighted by Crippen LogP contribution is 2.25. The van der Waals surface area contributed by atoms with E-state index >= 15 is 0 Å². The van der Waals surface area contributed by atoms with E-state index < -0.39 is 0 Å². The van der Waals surface area contributed by atoms with E-state index in [1.807, 2.05) is 11.6 Å². The molecular weight excluding hydrogens is 447 g/mol. The van der Waals surface area contributed by atoms with Crippen molar-refractivity contribution in [1.29, 1.82) is 0 Å². The number of piperidine rings is 1. The van der Waals surface area contributed by atoms with E-state index in [4.69, 9.17) is 21.3 Å². The third-order valence-electron chi connectivity index (χ3n) is 6.52. The van der Waals surface area contributed by atoms with Crippen LogP contribution in [-0.2, 0) is 30.7 Å². The van der Waals surface area contributed by atoms with Crippen molar-refractivity contribution in [1.82, 2.24) is 19.4 Å². The number of thiazole rings is 1. The number of rotatable bonds is 8.